The van der Waals surface area contributed by atoms with E-state index in [1.165, 1.54) is 6.07 Å². The Kier molecular flexibility index (Phi) is 4.95. The second-order valence-electron chi connectivity index (χ2n) is 3.29. The van der Waals surface area contributed by atoms with Crippen molar-refractivity contribution < 1.29 is 13.2 Å². The van der Waals surface area contributed by atoms with Crippen molar-refractivity contribution in [1.29, 1.82) is 0 Å². The Morgan fingerprint density at radius 3 is 2.38 bits per heavy atom. The fourth-order valence-corrected chi connectivity index (χ4v) is 2.50. The monoisotopic (exact) mass is 334 g/mol. The van der Waals surface area contributed by atoms with Gasteiger partial charge in [-0.1, -0.05) is 45.2 Å². The molecule has 0 N–H and O–H groups in total. The third kappa shape index (κ3) is 4.52. The van der Waals surface area contributed by atoms with Gasteiger partial charge in [0.15, 0.2) is 0 Å². The predicted octanol–water partition coefficient (Wildman–Crippen LogP) is 5.77. The van der Waals surface area contributed by atoms with E-state index in [0.29, 0.717) is 15.6 Å². The van der Waals surface area contributed by atoms with Gasteiger partial charge in [-0.05, 0) is 24.1 Å². The number of alkyl halides is 4. The highest BCUT2D eigenvalue weighted by Gasteiger charge is 2.28. The standard InChI is InChI=1S/C10H8BrCl2F3/c11-8(3-4-10(14,15)16)7-2-1-6(12)5-9(7)13/h1-2,5,8H,3-4H2. The molecule has 0 aliphatic rings. The van der Waals surface area contributed by atoms with E-state index in [-0.39, 0.29) is 6.42 Å². The Hall–Kier alpha value is 0.0700. The first kappa shape index (κ1) is 14.1. The van der Waals surface area contributed by atoms with E-state index in [1.807, 2.05) is 0 Å². The van der Waals surface area contributed by atoms with E-state index in [1.54, 1.807) is 12.1 Å². The number of hydrogen-bond acceptors (Lipinski definition) is 0. The maximum absolute atomic E-state index is 12.0. The summed E-state index contributed by atoms with van der Waals surface area (Å²) in [5, 5.41) is 0.834. The average molecular weight is 336 g/mol. The van der Waals surface area contributed by atoms with Gasteiger partial charge < -0.3 is 0 Å². The zero-order chi connectivity index (χ0) is 12.3. The van der Waals surface area contributed by atoms with Gasteiger partial charge in [0.25, 0.3) is 0 Å². The van der Waals surface area contributed by atoms with Crippen LogP contribution < -0.4 is 0 Å². The molecule has 0 aromatic heterocycles. The first-order chi connectivity index (χ1) is 7.29. The van der Waals surface area contributed by atoms with Crippen molar-refractivity contribution in [3.8, 4) is 0 Å². The highest BCUT2D eigenvalue weighted by atomic mass is 79.9. The van der Waals surface area contributed by atoms with Crippen LogP contribution in [0.25, 0.3) is 0 Å². The molecule has 1 rings (SSSR count). The summed E-state index contributed by atoms with van der Waals surface area (Å²) in [6.07, 6.45) is -5.04. The van der Waals surface area contributed by atoms with Gasteiger partial charge in [0.2, 0.25) is 0 Å². The lowest BCUT2D eigenvalue weighted by molar-refractivity contribution is -0.135. The maximum atomic E-state index is 12.0. The number of halogens is 6. The van der Waals surface area contributed by atoms with Crippen LogP contribution in [-0.2, 0) is 0 Å². The first-order valence-electron chi connectivity index (χ1n) is 4.45. The number of benzene rings is 1. The van der Waals surface area contributed by atoms with Crippen molar-refractivity contribution in [2.45, 2.75) is 23.8 Å². The van der Waals surface area contributed by atoms with Crippen molar-refractivity contribution in [3.63, 3.8) is 0 Å². The highest BCUT2D eigenvalue weighted by molar-refractivity contribution is 9.09. The molecule has 0 fully saturated rings. The van der Waals surface area contributed by atoms with E-state index in [0.717, 1.165) is 0 Å². The Morgan fingerprint density at radius 1 is 1.25 bits per heavy atom. The summed E-state index contributed by atoms with van der Waals surface area (Å²) in [5.41, 5.74) is 0.621. The van der Waals surface area contributed by atoms with Crippen LogP contribution in [0.2, 0.25) is 10.0 Å². The van der Waals surface area contributed by atoms with Crippen LogP contribution >= 0.6 is 39.1 Å². The molecule has 0 heterocycles. The van der Waals surface area contributed by atoms with Gasteiger partial charge in [-0.15, -0.1) is 0 Å². The Labute approximate surface area is 110 Å². The zero-order valence-electron chi connectivity index (χ0n) is 7.99. The van der Waals surface area contributed by atoms with Crippen molar-refractivity contribution in [2.24, 2.45) is 0 Å². The fraction of sp³-hybridized carbons (Fsp3) is 0.400. The lowest BCUT2D eigenvalue weighted by Gasteiger charge is -2.13. The SMILES string of the molecule is FC(F)(F)CCC(Br)c1ccc(Cl)cc1Cl. The fourth-order valence-electron chi connectivity index (χ4n) is 1.20. The van der Waals surface area contributed by atoms with Gasteiger partial charge in [-0.25, -0.2) is 0 Å². The molecule has 0 aliphatic heterocycles. The van der Waals surface area contributed by atoms with E-state index in [4.69, 9.17) is 23.2 Å². The molecule has 0 saturated carbocycles. The lowest BCUT2D eigenvalue weighted by atomic mass is 10.1. The van der Waals surface area contributed by atoms with Crippen LogP contribution in [0.5, 0.6) is 0 Å². The van der Waals surface area contributed by atoms with Gasteiger partial charge >= 0.3 is 6.18 Å². The van der Waals surface area contributed by atoms with Gasteiger partial charge in [0, 0.05) is 21.3 Å². The second kappa shape index (κ2) is 5.61. The Bertz CT molecular complexity index is 366. The molecule has 1 aromatic carbocycles. The zero-order valence-corrected chi connectivity index (χ0v) is 11.1. The van der Waals surface area contributed by atoms with Crippen molar-refractivity contribution in [2.75, 3.05) is 0 Å². The normalized spacial score (nSPS) is 13.9. The Morgan fingerprint density at radius 2 is 1.88 bits per heavy atom. The van der Waals surface area contributed by atoms with Crippen molar-refractivity contribution in [3.05, 3.63) is 33.8 Å². The second-order valence-corrected chi connectivity index (χ2v) is 5.24. The summed E-state index contributed by atoms with van der Waals surface area (Å²) in [6.45, 7) is 0. The molecule has 0 spiro atoms. The van der Waals surface area contributed by atoms with E-state index in [2.05, 4.69) is 15.9 Å². The van der Waals surface area contributed by atoms with E-state index < -0.39 is 17.4 Å². The molecular weight excluding hydrogens is 328 g/mol. The largest absolute Gasteiger partial charge is 0.389 e. The quantitative estimate of drug-likeness (QED) is 0.615. The van der Waals surface area contributed by atoms with Crippen molar-refractivity contribution in [1.82, 2.24) is 0 Å². The molecule has 1 aromatic rings. The molecular formula is C10H8BrCl2F3. The molecule has 1 atom stereocenters. The van der Waals surface area contributed by atoms with E-state index >= 15 is 0 Å². The minimum Gasteiger partial charge on any atom is -0.171 e. The summed E-state index contributed by atoms with van der Waals surface area (Å²) in [6, 6.07) is 4.74. The molecule has 16 heavy (non-hydrogen) atoms. The maximum Gasteiger partial charge on any atom is 0.389 e. The summed E-state index contributed by atoms with van der Waals surface area (Å²) < 4.78 is 36.1. The molecule has 0 radical (unpaired) electrons. The third-order valence-electron chi connectivity index (χ3n) is 1.98. The average Bonchev–Trinajstić information content (AvgIpc) is 2.13. The third-order valence-corrected chi connectivity index (χ3v) is 3.49. The van der Waals surface area contributed by atoms with Crippen LogP contribution in [0, 0.1) is 0 Å². The highest BCUT2D eigenvalue weighted by Crippen LogP contribution is 2.37. The van der Waals surface area contributed by atoms with Gasteiger partial charge in [0.1, 0.15) is 0 Å². The van der Waals surface area contributed by atoms with Gasteiger partial charge in [-0.2, -0.15) is 13.2 Å². The minimum absolute atomic E-state index is 0.0507. The topological polar surface area (TPSA) is 0 Å². The molecule has 0 aliphatic carbocycles. The summed E-state index contributed by atoms with van der Waals surface area (Å²) >= 11 is 14.8. The Balaban J connectivity index is 2.70. The summed E-state index contributed by atoms with van der Waals surface area (Å²) in [4.78, 5) is -0.418. The van der Waals surface area contributed by atoms with Crippen LogP contribution in [-0.4, -0.2) is 6.18 Å². The van der Waals surface area contributed by atoms with Gasteiger partial charge in [0.05, 0.1) is 0 Å². The first-order valence-corrected chi connectivity index (χ1v) is 6.12. The number of rotatable bonds is 3. The van der Waals surface area contributed by atoms with Crippen LogP contribution in [0.4, 0.5) is 13.2 Å². The molecule has 1 unspecified atom stereocenters. The smallest absolute Gasteiger partial charge is 0.171 e. The van der Waals surface area contributed by atoms with E-state index in [9.17, 15) is 13.2 Å². The van der Waals surface area contributed by atoms with Crippen molar-refractivity contribution >= 4 is 39.1 Å². The van der Waals surface area contributed by atoms with Crippen LogP contribution in [0.15, 0.2) is 18.2 Å². The van der Waals surface area contributed by atoms with Crippen LogP contribution in [0.3, 0.4) is 0 Å². The molecule has 0 nitrogen and oxygen atoms in total. The van der Waals surface area contributed by atoms with Crippen LogP contribution in [0.1, 0.15) is 23.2 Å². The summed E-state index contributed by atoms with van der Waals surface area (Å²) in [5.74, 6) is 0. The summed E-state index contributed by atoms with van der Waals surface area (Å²) in [7, 11) is 0. The molecule has 0 saturated heterocycles. The predicted molar refractivity (Wildman–Crippen MR) is 63.4 cm³/mol. The molecule has 0 amide bonds. The molecule has 90 valence electrons. The minimum atomic E-state index is -4.15. The van der Waals surface area contributed by atoms with Gasteiger partial charge in [-0.3, -0.25) is 0 Å². The number of hydrogen-bond donors (Lipinski definition) is 0. The molecule has 0 bridgehead atoms. The lowest BCUT2D eigenvalue weighted by Crippen LogP contribution is -2.08. The molecule has 6 heteroatoms.